The highest BCUT2D eigenvalue weighted by Crippen LogP contribution is 2.26. The summed E-state index contributed by atoms with van der Waals surface area (Å²) in [5.41, 5.74) is 0.553. The minimum absolute atomic E-state index is 0.0139. The summed E-state index contributed by atoms with van der Waals surface area (Å²) < 4.78 is 0. The molecule has 3 N–H and O–H groups in total. The Morgan fingerprint density at radius 3 is 2.75 bits per heavy atom. The summed E-state index contributed by atoms with van der Waals surface area (Å²) in [6.45, 7) is 0.0956. The first-order chi connectivity index (χ1) is 7.63. The number of rotatable bonds is 5. The second-order valence-electron chi connectivity index (χ2n) is 3.40. The fourth-order valence-electron chi connectivity index (χ4n) is 1.21. The molecule has 16 heavy (non-hydrogen) atoms. The average molecular weight is 244 g/mol. The van der Waals surface area contributed by atoms with E-state index in [-0.39, 0.29) is 23.3 Å². The molecule has 0 aliphatic carbocycles. The molecule has 0 atom stereocenters. The highest BCUT2D eigenvalue weighted by Gasteiger charge is 2.04. The van der Waals surface area contributed by atoms with Gasteiger partial charge in [-0.15, -0.1) is 0 Å². The van der Waals surface area contributed by atoms with Crippen molar-refractivity contribution in [2.75, 3.05) is 11.9 Å². The van der Waals surface area contributed by atoms with Crippen molar-refractivity contribution in [2.45, 2.75) is 19.3 Å². The molecule has 0 spiro atoms. The van der Waals surface area contributed by atoms with Gasteiger partial charge in [-0.1, -0.05) is 11.6 Å². The molecule has 0 aromatic heterocycles. The third kappa shape index (κ3) is 4.08. The lowest BCUT2D eigenvalue weighted by molar-refractivity contribution is -0.116. The molecule has 1 aromatic carbocycles. The van der Waals surface area contributed by atoms with Gasteiger partial charge in [0.05, 0.1) is 5.02 Å². The molecule has 0 aliphatic rings. The van der Waals surface area contributed by atoms with Crippen LogP contribution in [-0.4, -0.2) is 22.7 Å². The van der Waals surface area contributed by atoms with Gasteiger partial charge in [-0.25, -0.2) is 0 Å². The number of amides is 1. The largest absolute Gasteiger partial charge is 0.506 e. The Labute approximate surface area is 98.9 Å². The van der Waals surface area contributed by atoms with Crippen molar-refractivity contribution in [3.8, 4) is 5.75 Å². The van der Waals surface area contributed by atoms with Crippen molar-refractivity contribution in [3.05, 3.63) is 23.2 Å². The van der Waals surface area contributed by atoms with Gasteiger partial charge in [0.1, 0.15) is 5.75 Å². The van der Waals surface area contributed by atoms with E-state index in [9.17, 15) is 9.90 Å². The normalized spacial score (nSPS) is 10.1. The lowest BCUT2D eigenvalue weighted by atomic mass is 10.2. The Balaban J connectivity index is 2.46. The molecule has 0 fully saturated rings. The van der Waals surface area contributed by atoms with E-state index in [1.165, 1.54) is 12.1 Å². The van der Waals surface area contributed by atoms with Crippen molar-refractivity contribution in [1.82, 2.24) is 0 Å². The van der Waals surface area contributed by atoms with Crippen LogP contribution in [0.2, 0.25) is 5.02 Å². The number of halogens is 1. The number of phenolic OH excluding ortho intramolecular Hbond substituents is 1. The Hall–Kier alpha value is -1.26. The number of hydrogen-bond donors (Lipinski definition) is 3. The molecule has 0 saturated heterocycles. The number of carbonyl (C=O) groups excluding carboxylic acids is 1. The first-order valence-corrected chi connectivity index (χ1v) is 5.40. The summed E-state index contributed by atoms with van der Waals surface area (Å²) in [5, 5.41) is 20.6. The first-order valence-electron chi connectivity index (χ1n) is 5.02. The predicted octanol–water partition coefficient (Wildman–Crippen LogP) is 2.15. The maximum atomic E-state index is 11.4. The Morgan fingerprint density at radius 1 is 1.38 bits per heavy atom. The van der Waals surface area contributed by atoms with Gasteiger partial charge in [-0.3, -0.25) is 4.79 Å². The summed E-state index contributed by atoms with van der Waals surface area (Å²) in [6.07, 6.45) is 1.62. The molecule has 1 rings (SSSR count). The molecule has 0 aliphatic heterocycles. The minimum Gasteiger partial charge on any atom is -0.506 e. The van der Waals surface area contributed by atoms with Crippen LogP contribution in [0, 0.1) is 0 Å². The maximum absolute atomic E-state index is 11.4. The highest BCUT2D eigenvalue weighted by molar-refractivity contribution is 6.32. The summed E-state index contributed by atoms with van der Waals surface area (Å²) in [5.74, 6) is -0.143. The minimum atomic E-state index is -0.129. The van der Waals surface area contributed by atoms with Gasteiger partial charge in [0.15, 0.2) is 0 Å². The number of carbonyl (C=O) groups is 1. The van der Waals surface area contributed by atoms with E-state index in [4.69, 9.17) is 16.7 Å². The van der Waals surface area contributed by atoms with Crippen LogP contribution in [-0.2, 0) is 4.79 Å². The molecule has 0 heterocycles. The predicted molar refractivity (Wildman–Crippen MR) is 62.7 cm³/mol. The molecule has 0 bridgehead atoms. The number of aliphatic hydroxyl groups excluding tert-OH is 1. The van der Waals surface area contributed by atoms with Crippen LogP contribution in [0.4, 0.5) is 5.69 Å². The maximum Gasteiger partial charge on any atom is 0.224 e. The van der Waals surface area contributed by atoms with E-state index in [1.807, 2.05) is 0 Å². The highest BCUT2D eigenvalue weighted by atomic mass is 35.5. The van der Waals surface area contributed by atoms with Crippen LogP contribution < -0.4 is 5.32 Å². The molecule has 1 aromatic rings. The monoisotopic (exact) mass is 243 g/mol. The lowest BCUT2D eigenvalue weighted by Gasteiger charge is -2.05. The molecule has 0 radical (unpaired) electrons. The molecule has 0 saturated carbocycles. The van der Waals surface area contributed by atoms with E-state index in [0.717, 1.165) is 0 Å². The van der Waals surface area contributed by atoms with Crippen molar-refractivity contribution >= 4 is 23.2 Å². The Bertz CT molecular complexity index is 368. The van der Waals surface area contributed by atoms with Crippen molar-refractivity contribution in [2.24, 2.45) is 0 Å². The SMILES string of the molecule is O=C(CCCCO)Nc1ccc(O)c(Cl)c1. The van der Waals surface area contributed by atoms with Crippen LogP contribution in [0.1, 0.15) is 19.3 Å². The standard InChI is InChI=1S/C11H14ClNO3/c12-9-7-8(4-5-10(9)15)13-11(16)3-1-2-6-14/h4-5,7,14-15H,1-3,6H2,(H,13,16). The van der Waals surface area contributed by atoms with Gasteiger partial charge in [0.25, 0.3) is 0 Å². The smallest absolute Gasteiger partial charge is 0.224 e. The van der Waals surface area contributed by atoms with E-state index in [1.54, 1.807) is 6.07 Å². The Morgan fingerprint density at radius 2 is 2.12 bits per heavy atom. The van der Waals surface area contributed by atoms with E-state index >= 15 is 0 Å². The number of hydrogen-bond acceptors (Lipinski definition) is 3. The van der Waals surface area contributed by atoms with Gasteiger partial charge < -0.3 is 15.5 Å². The topological polar surface area (TPSA) is 69.6 Å². The number of anilines is 1. The van der Waals surface area contributed by atoms with Crippen LogP contribution in [0.25, 0.3) is 0 Å². The van der Waals surface area contributed by atoms with Gasteiger partial charge in [-0.05, 0) is 31.0 Å². The van der Waals surface area contributed by atoms with Gasteiger partial charge >= 0.3 is 0 Å². The number of phenols is 1. The second-order valence-corrected chi connectivity index (χ2v) is 3.80. The zero-order valence-electron chi connectivity index (χ0n) is 8.74. The zero-order chi connectivity index (χ0) is 12.0. The van der Waals surface area contributed by atoms with E-state index in [0.29, 0.717) is 24.9 Å². The number of benzene rings is 1. The van der Waals surface area contributed by atoms with Crippen LogP contribution in [0.5, 0.6) is 5.75 Å². The quantitative estimate of drug-likeness (QED) is 0.548. The fraction of sp³-hybridized carbons (Fsp3) is 0.364. The van der Waals surface area contributed by atoms with E-state index < -0.39 is 0 Å². The molecule has 5 heteroatoms. The lowest BCUT2D eigenvalue weighted by Crippen LogP contribution is -2.11. The molecule has 88 valence electrons. The second kappa shape index (κ2) is 6.35. The average Bonchev–Trinajstić information content (AvgIpc) is 2.24. The summed E-state index contributed by atoms with van der Waals surface area (Å²) in [6, 6.07) is 4.48. The number of aliphatic hydroxyl groups is 1. The molecular weight excluding hydrogens is 230 g/mol. The van der Waals surface area contributed by atoms with Gasteiger partial charge in [-0.2, -0.15) is 0 Å². The van der Waals surface area contributed by atoms with Crippen molar-refractivity contribution in [3.63, 3.8) is 0 Å². The molecule has 0 unspecified atom stereocenters. The third-order valence-corrected chi connectivity index (χ3v) is 2.35. The van der Waals surface area contributed by atoms with Gasteiger partial charge in [0.2, 0.25) is 5.91 Å². The zero-order valence-corrected chi connectivity index (χ0v) is 9.50. The fourth-order valence-corrected chi connectivity index (χ4v) is 1.39. The van der Waals surface area contributed by atoms with Crippen molar-refractivity contribution in [1.29, 1.82) is 0 Å². The van der Waals surface area contributed by atoms with E-state index in [2.05, 4.69) is 5.32 Å². The molecule has 4 nitrogen and oxygen atoms in total. The first kappa shape index (κ1) is 12.8. The molecular formula is C11H14ClNO3. The summed E-state index contributed by atoms with van der Waals surface area (Å²) in [4.78, 5) is 11.4. The third-order valence-electron chi connectivity index (χ3n) is 2.04. The summed E-state index contributed by atoms with van der Waals surface area (Å²) >= 11 is 5.69. The van der Waals surface area contributed by atoms with Crippen molar-refractivity contribution < 1.29 is 15.0 Å². The Kier molecular flexibility index (Phi) is 5.08. The number of unbranched alkanes of at least 4 members (excludes halogenated alkanes) is 1. The number of nitrogens with one attached hydrogen (secondary N) is 1. The number of aromatic hydroxyl groups is 1. The summed E-state index contributed by atoms with van der Waals surface area (Å²) in [7, 11) is 0. The molecule has 1 amide bonds. The van der Waals surface area contributed by atoms with Crippen LogP contribution in [0.15, 0.2) is 18.2 Å². The van der Waals surface area contributed by atoms with Gasteiger partial charge in [0, 0.05) is 18.7 Å². The van der Waals surface area contributed by atoms with Crippen LogP contribution in [0.3, 0.4) is 0 Å². The van der Waals surface area contributed by atoms with Crippen LogP contribution >= 0.6 is 11.6 Å².